The van der Waals surface area contributed by atoms with Crippen molar-refractivity contribution >= 4 is 5.69 Å². The van der Waals surface area contributed by atoms with Gasteiger partial charge < -0.3 is 15.2 Å². The normalized spacial score (nSPS) is 13.5. The number of benzene rings is 2. The van der Waals surface area contributed by atoms with E-state index in [9.17, 15) is 5.11 Å². The molecule has 2 unspecified atom stereocenters. The van der Waals surface area contributed by atoms with Crippen LogP contribution in [0, 0.1) is 0 Å². The fraction of sp³-hybridized carbons (Fsp3) is 0.333. The number of aliphatic hydroxyl groups excluding tert-OH is 1. The summed E-state index contributed by atoms with van der Waals surface area (Å²) in [6.07, 6.45) is 0.873. The van der Waals surface area contributed by atoms with Crippen molar-refractivity contribution < 1.29 is 9.84 Å². The number of ether oxygens (including phenoxy) is 1. The molecule has 0 aromatic heterocycles. The van der Waals surface area contributed by atoms with Crippen molar-refractivity contribution in [3.8, 4) is 5.75 Å². The third-order valence-electron chi connectivity index (χ3n) is 3.67. The molecule has 3 nitrogen and oxygen atoms in total. The molecule has 0 spiro atoms. The summed E-state index contributed by atoms with van der Waals surface area (Å²) >= 11 is 0. The summed E-state index contributed by atoms with van der Waals surface area (Å²) in [4.78, 5) is 0. The van der Waals surface area contributed by atoms with Crippen LogP contribution in [0.4, 0.5) is 5.69 Å². The molecule has 21 heavy (non-hydrogen) atoms. The summed E-state index contributed by atoms with van der Waals surface area (Å²) < 4.78 is 5.22. The maximum Gasteiger partial charge on any atom is 0.120 e. The Hall–Kier alpha value is -2.00. The number of anilines is 1. The maximum atomic E-state index is 9.62. The van der Waals surface area contributed by atoms with Gasteiger partial charge in [-0.3, -0.25) is 0 Å². The van der Waals surface area contributed by atoms with Crippen LogP contribution in [0.5, 0.6) is 5.75 Å². The SMILES string of the molecule is COc1cccc(NC(CO)CC(C)c2ccccc2)c1. The van der Waals surface area contributed by atoms with Crippen molar-refractivity contribution in [3.63, 3.8) is 0 Å². The standard InChI is InChI=1S/C18H23NO2/c1-14(15-7-4-3-5-8-15)11-17(13-20)19-16-9-6-10-18(12-16)21-2/h3-10,12,14,17,19-20H,11,13H2,1-2H3. The molecule has 0 saturated heterocycles. The Morgan fingerprint density at radius 1 is 1.10 bits per heavy atom. The third kappa shape index (κ3) is 4.50. The summed E-state index contributed by atoms with van der Waals surface area (Å²) in [6, 6.07) is 18.2. The summed E-state index contributed by atoms with van der Waals surface area (Å²) in [5, 5.41) is 13.0. The molecule has 2 atom stereocenters. The minimum atomic E-state index is 0.0207. The van der Waals surface area contributed by atoms with Crippen molar-refractivity contribution in [1.29, 1.82) is 0 Å². The maximum absolute atomic E-state index is 9.62. The van der Waals surface area contributed by atoms with E-state index < -0.39 is 0 Å². The molecule has 0 radical (unpaired) electrons. The summed E-state index contributed by atoms with van der Waals surface area (Å²) in [5.74, 6) is 1.20. The van der Waals surface area contributed by atoms with Gasteiger partial charge in [-0.05, 0) is 30.0 Å². The average molecular weight is 285 g/mol. The fourth-order valence-electron chi connectivity index (χ4n) is 2.47. The second-order valence-corrected chi connectivity index (χ2v) is 5.30. The molecule has 2 N–H and O–H groups in total. The molecule has 2 aromatic carbocycles. The van der Waals surface area contributed by atoms with E-state index in [1.54, 1.807) is 7.11 Å². The Morgan fingerprint density at radius 3 is 2.52 bits per heavy atom. The summed E-state index contributed by atoms with van der Waals surface area (Å²) in [5.41, 5.74) is 2.26. The smallest absolute Gasteiger partial charge is 0.120 e. The highest BCUT2D eigenvalue weighted by atomic mass is 16.5. The number of hydrogen-bond acceptors (Lipinski definition) is 3. The molecular weight excluding hydrogens is 262 g/mol. The van der Waals surface area contributed by atoms with Crippen LogP contribution in [0.2, 0.25) is 0 Å². The van der Waals surface area contributed by atoms with Crippen LogP contribution in [-0.4, -0.2) is 24.9 Å². The third-order valence-corrected chi connectivity index (χ3v) is 3.67. The topological polar surface area (TPSA) is 41.5 Å². The van der Waals surface area contributed by atoms with Crippen molar-refractivity contribution in [2.45, 2.75) is 25.3 Å². The van der Waals surface area contributed by atoms with Crippen molar-refractivity contribution in [2.24, 2.45) is 0 Å². The second-order valence-electron chi connectivity index (χ2n) is 5.30. The van der Waals surface area contributed by atoms with Gasteiger partial charge in [0.15, 0.2) is 0 Å². The lowest BCUT2D eigenvalue weighted by Gasteiger charge is -2.22. The highest BCUT2D eigenvalue weighted by Gasteiger charge is 2.14. The van der Waals surface area contributed by atoms with Gasteiger partial charge in [0.2, 0.25) is 0 Å². The first-order valence-electron chi connectivity index (χ1n) is 7.29. The van der Waals surface area contributed by atoms with E-state index in [-0.39, 0.29) is 12.6 Å². The van der Waals surface area contributed by atoms with E-state index in [1.165, 1.54) is 5.56 Å². The zero-order valence-corrected chi connectivity index (χ0v) is 12.6. The molecule has 0 fully saturated rings. The first-order chi connectivity index (χ1) is 10.2. The van der Waals surface area contributed by atoms with Gasteiger partial charge in [0.05, 0.1) is 13.7 Å². The predicted octanol–water partition coefficient (Wildman–Crippen LogP) is 3.66. The van der Waals surface area contributed by atoms with E-state index in [0.29, 0.717) is 5.92 Å². The quantitative estimate of drug-likeness (QED) is 0.815. The fourth-order valence-corrected chi connectivity index (χ4v) is 2.47. The van der Waals surface area contributed by atoms with E-state index in [2.05, 4.69) is 36.5 Å². The largest absolute Gasteiger partial charge is 0.497 e. The highest BCUT2D eigenvalue weighted by Crippen LogP contribution is 2.23. The molecule has 0 aliphatic carbocycles. The first kappa shape index (κ1) is 15.4. The van der Waals surface area contributed by atoms with Gasteiger partial charge >= 0.3 is 0 Å². The monoisotopic (exact) mass is 285 g/mol. The zero-order chi connectivity index (χ0) is 15.1. The molecule has 2 aromatic rings. The van der Waals surface area contributed by atoms with Gasteiger partial charge in [0, 0.05) is 17.8 Å². The van der Waals surface area contributed by atoms with Gasteiger partial charge in [0.1, 0.15) is 5.75 Å². The van der Waals surface area contributed by atoms with Crippen molar-refractivity contribution in [3.05, 3.63) is 60.2 Å². The molecule has 0 aliphatic rings. The molecule has 0 aliphatic heterocycles. The highest BCUT2D eigenvalue weighted by molar-refractivity contribution is 5.49. The molecule has 0 heterocycles. The Bertz CT molecular complexity index is 542. The molecule has 0 amide bonds. The van der Waals surface area contributed by atoms with Crippen LogP contribution in [-0.2, 0) is 0 Å². The molecule has 0 saturated carbocycles. The number of methoxy groups -OCH3 is 1. The molecular formula is C18H23NO2. The summed E-state index contributed by atoms with van der Waals surface area (Å²) in [7, 11) is 1.65. The van der Waals surface area contributed by atoms with E-state index in [4.69, 9.17) is 4.74 Å². The zero-order valence-electron chi connectivity index (χ0n) is 12.6. The van der Waals surface area contributed by atoms with Crippen LogP contribution < -0.4 is 10.1 Å². The second kappa shape index (κ2) is 7.70. The Balaban J connectivity index is 1.99. The predicted molar refractivity (Wildman–Crippen MR) is 87.0 cm³/mol. The number of rotatable bonds is 7. The molecule has 2 rings (SSSR count). The van der Waals surface area contributed by atoms with Gasteiger partial charge in [-0.15, -0.1) is 0 Å². The van der Waals surface area contributed by atoms with Crippen LogP contribution in [0.1, 0.15) is 24.8 Å². The lowest BCUT2D eigenvalue weighted by Crippen LogP contribution is -2.25. The summed E-state index contributed by atoms with van der Waals surface area (Å²) in [6.45, 7) is 2.29. The Morgan fingerprint density at radius 2 is 1.86 bits per heavy atom. The number of nitrogens with one attached hydrogen (secondary N) is 1. The van der Waals surface area contributed by atoms with E-state index in [1.807, 2.05) is 30.3 Å². The van der Waals surface area contributed by atoms with Gasteiger partial charge in [-0.25, -0.2) is 0 Å². The van der Waals surface area contributed by atoms with Crippen molar-refractivity contribution in [1.82, 2.24) is 0 Å². The van der Waals surface area contributed by atoms with Crippen LogP contribution >= 0.6 is 0 Å². The first-order valence-corrected chi connectivity index (χ1v) is 7.29. The van der Waals surface area contributed by atoms with Crippen LogP contribution in [0.3, 0.4) is 0 Å². The lowest BCUT2D eigenvalue weighted by atomic mass is 9.94. The molecule has 0 bridgehead atoms. The minimum absolute atomic E-state index is 0.0207. The molecule has 112 valence electrons. The van der Waals surface area contributed by atoms with Gasteiger partial charge in [0.25, 0.3) is 0 Å². The number of aliphatic hydroxyl groups is 1. The lowest BCUT2D eigenvalue weighted by molar-refractivity contribution is 0.264. The van der Waals surface area contributed by atoms with Crippen LogP contribution in [0.25, 0.3) is 0 Å². The van der Waals surface area contributed by atoms with E-state index in [0.717, 1.165) is 17.9 Å². The van der Waals surface area contributed by atoms with E-state index >= 15 is 0 Å². The Labute approximate surface area is 126 Å². The van der Waals surface area contributed by atoms with Gasteiger partial charge in [-0.1, -0.05) is 43.3 Å². The van der Waals surface area contributed by atoms with Gasteiger partial charge in [-0.2, -0.15) is 0 Å². The minimum Gasteiger partial charge on any atom is -0.497 e. The van der Waals surface area contributed by atoms with Crippen LogP contribution in [0.15, 0.2) is 54.6 Å². The molecule has 3 heteroatoms. The Kier molecular flexibility index (Phi) is 5.64. The average Bonchev–Trinajstić information content (AvgIpc) is 2.55. The number of hydrogen-bond donors (Lipinski definition) is 2. The van der Waals surface area contributed by atoms with Crippen molar-refractivity contribution in [2.75, 3.05) is 19.0 Å².